The highest BCUT2D eigenvalue weighted by Crippen LogP contribution is 2.15. The number of aliphatic hydroxyl groups is 1. The topological polar surface area (TPSA) is 41.9 Å². The molecule has 96 valence electrons. The van der Waals surface area contributed by atoms with Gasteiger partial charge in [-0.2, -0.15) is 0 Å². The molecule has 1 aliphatic heterocycles. The summed E-state index contributed by atoms with van der Waals surface area (Å²) in [6, 6.07) is 0.341. The first kappa shape index (κ1) is 13.9. The predicted octanol–water partition coefficient (Wildman–Crippen LogP) is 0.886. The van der Waals surface area contributed by atoms with Crippen LogP contribution in [0.3, 0.4) is 0 Å². The van der Waals surface area contributed by atoms with Crippen molar-refractivity contribution in [1.29, 1.82) is 0 Å². The molecule has 0 saturated carbocycles. The van der Waals surface area contributed by atoms with E-state index in [1.54, 1.807) is 7.11 Å². The molecule has 0 amide bonds. The third kappa shape index (κ3) is 5.25. The van der Waals surface area contributed by atoms with Crippen molar-refractivity contribution < 1.29 is 14.6 Å². The van der Waals surface area contributed by atoms with E-state index in [0.29, 0.717) is 19.3 Å². The van der Waals surface area contributed by atoms with Gasteiger partial charge in [-0.25, -0.2) is 0 Å². The first-order valence-corrected chi connectivity index (χ1v) is 6.30. The summed E-state index contributed by atoms with van der Waals surface area (Å²) in [6.45, 7) is 4.35. The summed E-state index contributed by atoms with van der Waals surface area (Å²) in [7, 11) is 1.68. The predicted molar refractivity (Wildman–Crippen MR) is 63.6 cm³/mol. The molecule has 1 atom stereocenters. The van der Waals surface area contributed by atoms with Crippen LogP contribution in [-0.2, 0) is 9.47 Å². The maximum absolute atomic E-state index is 9.32. The highest BCUT2D eigenvalue weighted by atomic mass is 16.5. The van der Waals surface area contributed by atoms with Crippen molar-refractivity contribution in [1.82, 2.24) is 4.90 Å². The fourth-order valence-corrected chi connectivity index (χ4v) is 2.16. The molecule has 1 unspecified atom stereocenters. The van der Waals surface area contributed by atoms with E-state index >= 15 is 0 Å². The Bertz CT molecular complexity index is 166. The number of nitrogens with zero attached hydrogens (tertiary/aromatic N) is 1. The van der Waals surface area contributed by atoms with E-state index in [1.165, 1.54) is 19.3 Å². The molecule has 0 aromatic rings. The van der Waals surface area contributed by atoms with Gasteiger partial charge in [0.1, 0.15) is 0 Å². The molecule has 1 N–H and O–H groups in total. The van der Waals surface area contributed by atoms with Crippen molar-refractivity contribution in [3.63, 3.8) is 0 Å². The average molecular weight is 231 g/mol. The highest BCUT2D eigenvalue weighted by molar-refractivity contribution is 4.74. The molecule has 0 aliphatic carbocycles. The van der Waals surface area contributed by atoms with Gasteiger partial charge in [-0.05, 0) is 19.4 Å². The lowest BCUT2D eigenvalue weighted by atomic mass is 10.1. The van der Waals surface area contributed by atoms with Crippen LogP contribution in [0.4, 0.5) is 0 Å². The van der Waals surface area contributed by atoms with E-state index in [2.05, 4.69) is 4.90 Å². The Kier molecular flexibility index (Phi) is 7.76. The molecular weight excluding hydrogens is 206 g/mol. The van der Waals surface area contributed by atoms with Crippen LogP contribution in [0, 0.1) is 0 Å². The molecule has 1 aliphatic rings. The maximum atomic E-state index is 9.32. The lowest BCUT2D eigenvalue weighted by Crippen LogP contribution is -2.39. The summed E-state index contributed by atoms with van der Waals surface area (Å²) in [5.41, 5.74) is 0. The molecule has 16 heavy (non-hydrogen) atoms. The van der Waals surface area contributed by atoms with Crippen LogP contribution < -0.4 is 0 Å². The Morgan fingerprint density at radius 2 is 2.06 bits per heavy atom. The average Bonchev–Trinajstić information content (AvgIpc) is 2.53. The van der Waals surface area contributed by atoms with E-state index in [1.807, 2.05) is 0 Å². The second kappa shape index (κ2) is 8.93. The monoisotopic (exact) mass is 231 g/mol. The Hall–Kier alpha value is -0.160. The van der Waals surface area contributed by atoms with Crippen molar-refractivity contribution in [3.8, 4) is 0 Å². The number of ether oxygens (including phenoxy) is 2. The summed E-state index contributed by atoms with van der Waals surface area (Å²) >= 11 is 0. The van der Waals surface area contributed by atoms with Crippen LogP contribution >= 0.6 is 0 Å². The molecule has 0 bridgehead atoms. The first-order chi connectivity index (χ1) is 7.88. The summed E-state index contributed by atoms with van der Waals surface area (Å²) in [5, 5.41) is 9.32. The van der Waals surface area contributed by atoms with E-state index in [0.717, 1.165) is 26.1 Å². The van der Waals surface area contributed by atoms with E-state index in [9.17, 15) is 5.11 Å². The Labute approximate surface area is 98.5 Å². The normalized spacial score (nSPS) is 23.2. The van der Waals surface area contributed by atoms with Crippen LogP contribution in [0.1, 0.15) is 25.7 Å². The largest absolute Gasteiger partial charge is 0.395 e. The molecule has 1 fully saturated rings. The molecule has 1 rings (SSSR count). The molecule has 0 radical (unpaired) electrons. The first-order valence-electron chi connectivity index (χ1n) is 6.30. The summed E-state index contributed by atoms with van der Waals surface area (Å²) < 4.78 is 10.4. The second-order valence-corrected chi connectivity index (χ2v) is 4.33. The van der Waals surface area contributed by atoms with Crippen molar-refractivity contribution in [3.05, 3.63) is 0 Å². The van der Waals surface area contributed by atoms with Gasteiger partial charge in [0.2, 0.25) is 0 Å². The van der Waals surface area contributed by atoms with Gasteiger partial charge in [0, 0.05) is 19.7 Å². The SMILES string of the molecule is COCCOCCN1CCCCCC1CO. The van der Waals surface area contributed by atoms with Crippen LogP contribution in [-0.4, -0.2) is 62.7 Å². The standard InChI is InChI=1S/C12H25NO3/c1-15-9-10-16-8-7-13-6-4-2-3-5-12(13)11-14/h12,14H,2-11H2,1H3. The molecular formula is C12H25NO3. The van der Waals surface area contributed by atoms with Crippen molar-refractivity contribution in [2.45, 2.75) is 31.7 Å². The Balaban J connectivity index is 2.15. The van der Waals surface area contributed by atoms with Crippen LogP contribution in [0.2, 0.25) is 0 Å². The fraction of sp³-hybridized carbons (Fsp3) is 1.00. The summed E-state index contributed by atoms with van der Waals surface area (Å²) in [6.07, 6.45) is 4.90. The van der Waals surface area contributed by atoms with Gasteiger partial charge in [-0.15, -0.1) is 0 Å². The minimum absolute atomic E-state index is 0.276. The van der Waals surface area contributed by atoms with Crippen molar-refractivity contribution >= 4 is 0 Å². The van der Waals surface area contributed by atoms with Gasteiger partial charge in [0.25, 0.3) is 0 Å². The van der Waals surface area contributed by atoms with Gasteiger partial charge in [0.15, 0.2) is 0 Å². The number of methoxy groups -OCH3 is 1. The third-order valence-corrected chi connectivity index (χ3v) is 3.16. The van der Waals surface area contributed by atoms with Crippen LogP contribution in [0.5, 0.6) is 0 Å². The van der Waals surface area contributed by atoms with Crippen LogP contribution in [0.15, 0.2) is 0 Å². The van der Waals surface area contributed by atoms with E-state index in [4.69, 9.17) is 9.47 Å². The third-order valence-electron chi connectivity index (χ3n) is 3.16. The molecule has 4 nitrogen and oxygen atoms in total. The zero-order chi connectivity index (χ0) is 11.6. The molecule has 0 aromatic heterocycles. The molecule has 1 heterocycles. The zero-order valence-corrected chi connectivity index (χ0v) is 10.4. The highest BCUT2D eigenvalue weighted by Gasteiger charge is 2.19. The van der Waals surface area contributed by atoms with Crippen LogP contribution in [0.25, 0.3) is 0 Å². The quantitative estimate of drug-likeness (QED) is 0.661. The Morgan fingerprint density at radius 1 is 1.19 bits per heavy atom. The maximum Gasteiger partial charge on any atom is 0.0700 e. The lowest BCUT2D eigenvalue weighted by Gasteiger charge is -2.28. The minimum atomic E-state index is 0.276. The number of likely N-dealkylation sites (tertiary alicyclic amines) is 1. The molecule has 0 spiro atoms. The summed E-state index contributed by atoms with van der Waals surface area (Å²) in [4.78, 5) is 2.36. The number of aliphatic hydroxyl groups excluding tert-OH is 1. The van der Waals surface area contributed by atoms with Gasteiger partial charge in [0.05, 0.1) is 26.4 Å². The Morgan fingerprint density at radius 3 is 2.81 bits per heavy atom. The van der Waals surface area contributed by atoms with Crippen molar-refractivity contribution in [2.75, 3.05) is 46.6 Å². The second-order valence-electron chi connectivity index (χ2n) is 4.33. The van der Waals surface area contributed by atoms with Gasteiger partial charge < -0.3 is 14.6 Å². The summed E-state index contributed by atoms with van der Waals surface area (Å²) in [5.74, 6) is 0. The fourth-order valence-electron chi connectivity index (χ4n) is 2.16. The molecule has 0 aromatic carbocycles. The lowest BCUT2D eigenvalue weighted by molar-refractivity contribution is 0.0418. The number of hydrogen-bond acceptors (Lipinski definition) is 4. The minimum Gasteiger partial charge on any atom is -0.395 e. The van der Waals surface area contributed by atoms with E-state index < -0.39 is 0 Å². The molecule has 1 saturated heterocycles. The number of hydrogen-bond donors (Lipinski definition) is 1. The molecule has 4 heteroatoms. The number of rotatable bonds is 7. The zero-order valence-electron chi connectivity index (χ0n) is 10.4. The van der Waals surface area contributed by atoms with Gasteiger partial charge in [-0.1, -0.05) is 12.8 Å². The van der Waals surface area contributed by atoms with Crippen molar-refractivity contribution in [2.24, 2.45) is 0 Å². The van der Waals surface area contributed by atoms with Gasteiger partial charge >= 0.3 is 0 Å². The smallest absolute Gasteiger partial charge is 0.0700 e. The van der Waals surface area contributed by atoms with E-state index in [-0.39, 0.29) is 6.61 Å². The van der Waals surface area contributed by atoms with Gasteiger partial charge in [-0.3, -0.25) is 4.90 Å².